The van der Waals surface area contributed by atoms with Crippen molar-refractivity contribution in [3.05, 3.63) is 0 Å². The van der Waals surface area contributed by atoms with Gasteiger partial charge in [-0.2, -0.15) is 0 Å². The van der Waals surface area contributed by atoms with Crippen LogP contribution in [0.4, 0.5) is 0 Å². The first-order valence-corrected chi connectivity index (χ1v) is 6.57. The predicted molar refractivity (Wildman–Crippen MR) is 62.3 cm³/mol. The van der Waals surface area contributed by atoms with E-state index >= 15 is 0 Å². The van der Waals surface area contributed by atoms with Crippen molar-refractivity contribution in [3.8, 4) is 0 Å². The quantitative estimate of drug-likeness (QED) is 0.709. The van der Waals surface area contributed by atoms with Gasteiger partial charge in [-0.25, -0.2) is 0 Å². The molecule has 3 fully saturated rings. The molecule has 0 unspecified atom stereocenters. The zero-order valence-corrected chi connectivity index (χ0v) is 10.0. The molecule has 0 aromatic carbocycles. The van der Waals surface area contributed by atoms with E-state index in [0.717, 1.165) is 38.8 Å². The fourth-order valence-corrected chi connectivity index (χ4v) is 2.76. The third-order valence-corrected chi connectivity index (χ3v) is 3.92. The normalized spacial score (nSPS) is 29.9. The largest absolute Gasteiger partial charge is 0.336 e. The molecule has 0 radical (unpaired) electrons. The Balaban J connectivity index is 1.58. The fourth-order valence-electron chi connectivity index (χ4n) is 2.76. The van der Waals surface area contributed by atoms with Crippen LogP contribution >= 0.6 is 0 Å². The van der Waals surface area contributed by atoms with Crippen molar-refractivity contribution in [3.63, 3.8) is 0 Å². The van der Waals surface area contributed by atoms with Crippen LogP contribution in [0.2, 0.25) is 0 Å². The molecule has 0 bridgehead atoms. The van der Waals surface area contributed by atoms with Gasteiger partial charge in [-0.15, -0.1) is 0 Å². The van der Waals surface area contributed by atoms with E-state index in [-0.39, 0.29) is 24.4 Å². The van der Waals surface area contributed by atoms with Crippen molar-refractivity contribution >= 4 is 11.8 Å². The second-order valence-corrected chi connectivity index (χ2v) is 5.23. The van der Waals surface area contributed by atoms with Crippen LogP contribution in [0.15, 0.2) is 0 Å². The van der Waals surface area contributed by atoms with Crippen molar-refractivity contribution in [2.24, 2.45) is 0 Å². The number of piperazine rings is 1. The number of carbonyl (C=O) groups excluding carboxylic acids is 2. The number of amides is 2. The summed E-state index contributed by atoms with van der Waals surface area (Å²) in [6.07, 6.45) is 4.26. The first-order chi connectivity index (χ1) is 8.25. The summed E-state index contributed by atoms with van der Waals surface area (Å²) in [7, 11) is 0. The van der Waals surface area contributed by atoms with Gasteiger partial charge >= 0.3 is 0 Å². The van der Waals surface area contributed by atoms with Gasteiger partial charge < -0.3 is 15.1 Å². The summed E-state index contributed by atoms with van der Waals surface area (Å²) in [6.45, 7) is 2.64. The SMILES string of the molecule is O=C([C@@H]1CCCN1)N1CCN(C2CC2)C(=O)C1. The second-order valence-electron chi connectivity index (χ2n) is 5.23. The summed E-state index contributed by atoms with van der Waals surface area (Å²) < 4.78 is 0. The van der Waals surface area contributed by atoms with E-state index in [1.807, 2.05) is 4.90 Å². The number of hydrogen-bond acceptors (Lipinski definition) is 3. The number of nitrogens with one attached hydrogen (secondary N) is 1. The first-order valence-electron chi connectivity index (χ1n) is 6.57. The molecule has 0 aromatic rings. The summed E-state index contributed by atoms with van der Waals surface area (Å²) in [5.74, 6) is 0.247. The van der Waals surface area contributed by atoms with Crippen LogP contribution in [-0.4, -0.2) is 59.9 Å². The van der Waals surface area contributed by atoms with Gasteiger partial charge in [0, 0.05) is 19.1 Å². The molecule has 2 saturated heterocycles. The van der Waals surface area contributed by atoms with E-state index in [1.165, 1.54) is 0 Å². The Morgan fingerprint density at radius 3 is 2.65 bits per heavy atom. The van der Waals surface area contributed by atoms with E-state index in [2.05, 4.69) is 5.32 Å². The maximum Gasteiger partial charge on any atom is 0.242 e. The minimum atomic E-state index is -0.0460. The van der Waals surface area contributed by atoms with E-state index in [9.17, 15) is 9.59 Å². The Morgan fingerprint density at radius 1 is 1.24 bits per heavy atom. The van der Waals surface area contributed by atoms with Gasteiger partial charge in [0.2, 0.25) is 11.8 Å². The standard InChI is InChI=1S/C12H19N3O2/c16-11-8-14(6-7-15(11)9-3-4-9)12(17)10-2-1-5-13-10/h9-10,13H,1-8H2/t10-/m0/s1. The minimum Gasteiger partial charge on any atom is -0.336 e. The van der Waals surface area contributed by atoms with E-state index in [4.69, 9.17) is 0 Å². The van der Waals surface area contributed by atoms with Crippen LogP contribution in [0.5, 0.6) is 0 Å². The highest BCUT2D eigenvalue weighted by Gasteiger charge is 2.38. The molecule has 5 nitrogen and oxygen atoms in total. The van der Waals surface area contributed by atoms with Gasteiger partial charge in [0.25, 0.3) is 0 Å². The van der Waals surface area contributed by atoms with Crippen LogP contribution < -0.4 is 5.32 Å². The highest BCUT2D eigenvalue weighted by Crippen LogP contribution is 2.28. The molecule has 0 spiro atoms. The maximum absolute atomic E-state index is 12.1. The summed E-state index contributed by atoms with van der Waals surface area (Å²) in [4.78, 5) is 27.7. The molecule has 17 heavy (non-hydrogen) atoms. The molecule has 1 N–H and O–H groups in total. The lowest BCUT2D eigenvalue weighted by Crippen LogP contribution is -2.56. The van der Waals surface area contributed by atoms with Gasteiger partial charge in [-0.1, -0.05) is 0 Å². The van der Waals surface area contributed by atoms with Crippen LogP contribution in [0.25, 0.3) is 0 Å². The molecule has 1 aliphatic carbocycles. The molecule has 3 aliphatic rings. The molecule has 0 aromatic heterocycles. The summed E-state index contributed by atoms with van der Waals surface area (Å²) in [6, 6.07) is 0.430. The Hall–Kier alpha value is -1.10. The molecule has 2 heterocycles. The minimum absolute atomic E-state index is 0.0460. The maximum atomic E-state index is 12.1. The third-order valence-electron chi connectivity index (χ3n) is 3.92. The van der Waals surface area contributed by atoms with Crippen molar-refractivity contribution in [1.82, 2.24) is 15.1 Å². The van der Waals surface area contributed by atoms with Gasteiger partial charge in [0.15, 0.2) is 0 Å². The predicted octanol–water partition coefficient (Wildman–Crippen LogP) is -0.428. The van der Waals surface area contributed by atoms with Crippen molar-refractivity contribution in [1.29, 1.82) is 0 Å². The van der Waals surface area contributed by atoms with Crippen molar-refractivity contribution in [2.75, 3.05) is 26.2 Å². The van der Waals surface area contributed by atoms with E-state index in [1.54, 1.807) is 4.90 Å². The monoisotopic (exact) mass is 237 g/mol. The van der Waals surface area contributed by atoms with Crippen LogP contribution in [0.1, 0.15) is 25.7 Å². The Labute approximate surface area is 101 Å². The van der Waals surface area contributed by atoms with Gasteiger partial charge in [0.05, 0.1) is 12.6 Å². The van der Waals surface area contributed by atoms with Crippen molar-refractivity contribution < 1.29 is 9.59 Å². The Kier molecular flexibility index (Phi) is 2.78. The highest BCUT2D eigenvalue weighted by molar-refractivity contribution is 5.89. The lowest BCUT2D eigenvalue weighted by molar-refractivity contribution is -0.146. The summed E-state index contributed by atoms with van der Waals surface area (Å²) >= 11 is 0. The van der Waals surface area contributed by atoms with E-state index in [0.29, 0.717) is 12.6 Å². The van der Waals surface area contributed by atoms with Gasteiger partial charge in [-0.3, -0.25) is 9.59 Å². The molecule has 94 valence electrons. The third kappa shape index (κ3) is 2.16. The molecule has 5 heteroatoms. The highest BCUT2D eigenvalue weighted by atomic mass is 16.2. The molecular weight excluding hydrogens is 218 g/mol. The molecular formula is C12H19N3O2. The zero-order chi connectivity index (χ0) is 11.8. The summed E-state index contributed by atoms with van der Waals surface area (Å²) in [5.41, 5.74) is 0. The van der Waals surface area contributed by atoms with Gasteiger partial charge in [0.1, 0.15) is 0 Å². The molecule has 1 saturated carbocycles. The number of hydrogen-bond donors (Lipinski definition) is 1. The average Bonchev–Trinajstić information content (AvgIpc) is 3.02. The molecule has 2 amide bonds. The second kappa shape index (κ2) is 4.29. The number of carbonyl (C=O) groups is 2. The smallest absolute Gasteiger partial charge is 0.242 e. The van der Waals surface area contributed by atoms with E-state index < -0.39 is 0 Å². The molecule has 1 atom stereocenters. The van der Waals surface area contributed by atoms with Crippen LogP contribution in [-0.2, 0) is 9.59 Å². The first kappa shape index (κ1) is 11.0. The van der Waals surface area contributed by atoms with Crippen molar-refractivity contribution in [2.45, 2.75) is 37.8 Å². The van der Waals surface area contributed by atoms with Crippen LogP contribution in [0.3, 0.4) is 0 Å². The lowest BCUT2D eigenvalue weighted by atomic mass is 10.2. The van der Waals surface area contributed by atoms with Gasteiger partial charge in [-0.05, 0) is 32.2 Å². The molecule has 2 aliphatic heterocycles. The Morgan fingerprint density at radius 2 is 2.06 bits per heavy atom. The number of rotatable bonds is 2. The molecule has 3 rings (SSSR count). The number of nitrogens with zero attached hydrogens (tertiary/aromatic N) is 2. The summed E-state index contributed by atoms with van der Waals surface area (Å²) in [5, 5.41) is 3.20. The topological polar surface area (TPSA) is 52.7 Å². The average molecular weight is 237 g/mol. The van der Waals surface area contributed by atoms with Crippen LogP contribution in [0, 0.1) is 0 Å². The fraction of sp³-hybridized carbons (Fsp3) is 0.833. The lowest BCUT2D eigenvalue weighted by Gasteiger charge is -2.35. The zero-order valence-electron chi connectivity index (χ0n) is 10.0. The Bertz CT molecular complexity index is 335.